The molecule has 6 rings (SSSR count). The number of urea groups is 1. The van der Waals surface area contributed by atoms with Crippen LogP contribution in [0.5, 0.6) is 0 Å². The van der Waals surface area contributed by atoms with E-state index in [2.05, 4.69) is 10.6 Å². The van der Waals surface area contributed by atoms with Gasteiger partial charge < -0.3 is 34.8 Å². The molecule has 3 fully saturated rings. The number of carbonyl (C=O) groups excluding carboxylic acids is 2. The SMILES string of the molecule is CCNC(=O)NCC1CN(c2ccc(N3CCN(c4cc5c(cc4F)c(=O)c(C(=O)O)cn5C4CC4)CC3)c(F)c2)C(=O)O1. The number of carboxylic acids is 1. The minimum Gasteiger partial charge on any atom is -0.477 e. The largest absolute Gasteiger partial charge is 0.477 e. The number of nitrogens with zero attached hydrogens (tertiary/aromatic N) is 4. The fraction of sp³-hybridized carbons (Fsp3) is 0.400. The molecule has 2 aromatic carbocycles. The lowest BCUT2D eigenvalue weighted by Crippen LogP contribution is -2.47. The van der Waals surface area contributed by atoms with Crippen LogP contribution in [0.1, 0.15) is 36.2 Å². The maximum atomic E-state index is 15.3. The third kappa shape index (κ3) is 5.58. The van der Waals surface area contributed by atoms with Crippen LogP contribution in [0.15, 0.2) is 41.3 Å². The van der Waals surface area contributed by atoms with E-state index in [1.807, 2.05) is 9.80 Å². The van der Waals surface area contributed by atoms with E-state index in [0.717, 1.165) is 18.9 Å². The van der Waals surface area contributed by atoms with Gasteiger partial charge in [-0.1, -0.05) is 0 Å². The quantitative estimate of drug-likeness (QED) is 0.354. The second-order valence-electron chi connectivity index (χ2n) is 11.1. The van der Waals surface area contributed by atoms with Gasteiger partial charge in [-0.3, -0.25) is 9.69 Å². The smallest absolute Gasteiger partial charge is 0.414 e. The molecule has 1 aliphatic carbocycles. The summed E-state index contributed by atoms with van der Waals surface area (Å²) in [5, 5.41) is 14.7. The van der Waals surface area contributed by atoms with Crippen molar-refractivity contribution in [1.82, 2.24) is 15.2 Å². The van der Waals surface area contributed by atoms with Crippen LogP contribution in [0.4, 0.5) is 35.4 Å². The third-order valence-corrected chi connectivity index (χ3v) is 8.18. The van der Waals surface area contributed by atoms with Gasteiger partial charge in [0.05, 0.1) is 35.7 Å². The summed E-state index contributed by atoms with van der Waals surface area (Å²) in [7, 11) is 0. The topological polar surface area (TPSA) is 136 Å². The number of carbonyl (C=O) groups is 3. The molecule has 0 radical (unpaired) electrons. The molecule has 2 aliphatic heterocycles. The number of aromatic carboxylic acids is 1. The van der Waals surface area contributed by atoms with E-state index >= 15 is 8.78 Å². The standard InChI is InChI=1S/C30H32F2N6O6/c1-2-33-29(42)34-14-19-15-38(30(43)44-19)18-5-6-24(22(31)11-18)35-7-9-36(10-8-35)26-13-25-20(12-23(26)32)27(39)21(28(40)41)16-37(25)17-3-4-17/h5-6,11-13,16-17,19H,2-4,7-10,14-15H2,1H3,(H,40,41)(H2,33,34,42). The van der Waals surface area contributed by atoms with Crippen LogP contribution in [0, 0.1) is 11.6 Å². The molecule has 232 valence electrons. The Balaban J connectivity index is 1.14. The van der Waals surface area contributed by atoms with E-state index in [4.69, 9.17) is 4.74 Å². The second kappa shape index (κ2) is 11.7. The molecule has 0 bridgehead atoms. The number of pyridine rings is 1. The van der Waals surface area contributed by atoms with E-state index in [0.29, 0.717) is 55.3 Å². The number of aromatic nitrogens is 1. The maximum absolute atomic E-state index is 15.3. The summed E-state index contributed by atoms with van der Waals surface area (Å²) in [4.78, 5) is 53.5. The highest BCUT2D eigenvalue weighted by atomic mass is 19.1. The van der Waals surface area contributed by atoms with Crippen molar-refractivity contribution in [1.29, 1.82) is 0 Å². The highest BCUT2D eigenvalue weighted by molar-refractivity contribution is 5.94. The molecule has 1 aromatic heterocycles. The van der Waals surface area contributed by atoms with Crippen molar-refractivity contribution in [3.63, 3.8) is 0 Å². The van der Waals surface area contributed by atoms with Gasteiger partial charge in [-0.2, -0.15) is 0 Å². The van der Waals surface area contributed by atoms with Crippen LogP contribution in [-0.4, -0.2) is 79.7 Å². The second-order valence-corrected chi connectivity index (χ2v) is 11.1. The van der Waals surface area contributed by atoms with Crippen molar-refractivity contribution in [3.8, 4) is 0 Å². The van der Waals surface area contributed by atoms with Crippen molar-refractivity contribution in [2.24, 2.45) is 0 Å². The normalized spacial score (nSPS) is 18.5. The van der Waals surface area contributed by atoms with Gasteiger partial charge in [0.15, 0.2) is 0 Å². The van der Waals surface area contributed by atoms with Gasteiger partial charge in [-0.15, -0.1) is 0 Å². The lowest BCUT2D eigenvalue weighted by Gasteiger charge is -2.37. The maximum Gasteiger partial charge on any atom is 0.414 e. The molecule has 2 saturated heterocycles. The summed E-state index contributed by atoms with van der Waals surface area (Å²) in [6.07, 6.45) is 1.84. The number of rotatable bonds is 8. The van der Waals surface area contributed by atoms with Gasteiger partial charge in [-0.25, -0.2) is 23.2 Å². The van der Waals surface area contributed by atoms with Crippen LogP contribution in [-0.2, 0) is 4.74 Å². The first kappa shape index (κ1) is 29.2. The Morgan fingerprint density at radius 2 is 1.66 bits per heavy atom. The summed E-state index contributed by atoms with van der Waals surface area (Å²) in [5.41, 5.74) is 0.374. The van der Waals surface area contributed by atoms with Crippen molar-refractivity contribution in [3.05, 3.63) is 63.9 Å². The number of halogens is 2. The van der Waals surface area contributed by atoms with Gasteiger partial charge in [-0.05, 0) is 50.1 Å². The fourth-order valence-electron chi connectivity index (χ4n) is 5.78. The average Bonchev–Trinajstić information content (AvgIpc) is 3.77. The number of amides is 3. The van der Waals surface area contributed by atoms with Gasteiger partial charge in [0.2, 0.25) is 5.43 Å². The molecule has 1 atom stereocenters. The number of carboxylic acid groups (broad SMARTS) is 1. The van der Waals surface area contributed by atoms with Crippen molar-refractivity contribution in [2.75, 3.05) is 60.5 Å². The van der Waals surface area contributed by atoms with Crippen molar-refractivity contribution < 1.29 is 33.0 Å². The number of ether oxygens (including phenoxy) is 1. The molecule has 3 heterocycles. The molecule has 0 spiro atoms. The summed E-state index contributed by atoms with van der Waals surface area (Å²) in [6, 6.07) is 6.93. The Hall–Kier alpha value is -4.88. The Morgan fingerprint density at radius 1 is 0.977 bits per heavy atom. The zero-order chi connectivity index (χ0) is 31.1. The third-order valence-electron chi connectivity index (χ3n) is 8.18. The van der Waals surface area contributed by atoms with Gasteiger partial charge >= 0.3 is 18.1 Å². The first-order valence-electron chi connectivity index (χ1n) is 14.6. The first-order chi connectivity index (χ1) is 21.1. The number of hydrogen-bond acceptors (Lipinski definition) is 7. The van der Waals surface area contributed by atoms with Crippen molar-refractivity contribution >= 4 is 46.1 Å². The minimum absolute atomic E-state index is 0.0327. The molecule has 3 aliphatic rings. The predicted octanol–water partition coefficient (Wildman–Crippen LogP) is 3.28. The zero-order valence-electron chi connectivity index (χ0n) is 24.0. The van der Waals surface area contributed by atoms with Crippen LogP contribution >= 0.6 is 0 Å². The number of cyclic esters (lactones) is 1. The van der Waals surface area contributed by atoms with Gasteiger partial charge in [0.1, 0.15) is 23.3 Å². The molecule has 44 heavy (non-hydrogen) atoms. The average molecular weight is 611 g/mol. The lowest BCUT2D eigenvalue weighted by atomic mass is 10.1. The zero-order valence-corrected chi connectivity index (χ0v) is 24.0. The highest BCUT2D eigenvalue weighted by Crippen LogP contribution is 2.38. The molecular weight excluding hydrogens is 578 g/mol. The van der Waals surface area contributed by atoms with E-state index < -0.39 is 35.2 Å². The van der Waals surface area contributed by atoms with Crippen LogP contribution in [0.3, 0.4) is 0 Å². The molecule has 12 nitrogen and oxygen atoms in total. The molecule has 3 N–H and O–H groups in total. The summed E-state index contributed by atoms with van der Waals surface area (Å²) in [5.74, 6) is -2.49. The Morgan fingerprint density at radius 3 is 2.30 bits per heavy atom. The van der Waals surface area contributed by atoms with Gasteiger partial charge in [0.25, 0.3) is 0 Å². The molecule has 3 aromatic rings. The molecule has 1 saturated carbocycles. The molecule has 3 amide bonds. The Kier molecular flexibility index (Phi) is 7.74. The van der Waals surface area contributed by atoms with Crippen molar-refractivity contribution in [2.45, 2.75) is 31.9 Å². The fourth-order valence-corrected chi connectivity index (χ4v) is 5.78. The Bertz CT molecular complexity index is 1700. The number of fused-ring (bicyclic) bond motifs is 1. The number of benzene rings is 2. The predicted molar refractivity (Wildman–Crippen MR) is 159 cm³/mol. The summed E-state index contributed by atoms with van der Waals surface area (Å²) < 4.78 is 37.7. The first-order valence-corrected chi connectivity index (χ1v) is 14.6. The lowest BCUT2D eigenvalue weighted by molar-refractivity contribution is 0.0694. The minimum atomic E-state index is -1.35. The van der Waals surface area contributed by atoms with Crippen LogP contribution in [0.25, 0.3) is 10.9 Å². The van der Waals surface area contributed by atoms with Gasteiger partial charge in [0, 0.05) is 50.3 Å². The van der Waals surface area contributed by atoms with Crippen LogP contribution in [0.2, 0.25) is 0 Å². The number of anilines is 3. The summed E-state index contributed by atoms with van der Waals surface area (Å²) in [6.45, 7) is 4.07. The molecular formula is C30H32F2N6O6. The number of nitrogens with one attached hydrogen (secondary N) is 2. The highest BCUT2D eigenvalue weighted by Gasteiger charge is 2.33. The molecule has 1 unspecified atom stereocenters. The van der Waals surface area contributed by atoms with Crippen LogP contribution < -0.4 is 30.8 Å². The van der Waals surface area contributed by atoms with E-state index in [1.54, 1.807) is 29.7 Å². The van der Waals surface area contributed by atoms with E-state index in [-0.39, 0.29) is 36.1 Å². The van der Waals surface area contributed by atoms with E-state index in [1.165, 1.54) is 17.2 Å². The summed E-state index contributed by atoms with van der Waals surface area (Å²) >= 11 is 0. The molecule has 14 heteroatoms. The van der Waals surface area contributed by atoms with E-state index in [9.17, 15) is 24.3 Å². The number of hydrogen-bond donors (Lipinski definition) is 3. The number of piperazine rings is 1. The Labute approximate surface area is 250 Å². The monoisotopic (exact) mass is 610 g/mol.